The van der Waals surface area contributed by atoms with Crippen molar-refractivity contribution < 1.29 is 4.39 Å². The molecule has 3 aromatic rings. The van der Waals surface area contributed by atoms with E-state index in [0.717, 1.165) is 56.1 Å². The summed E-state index contributed by atoms with van der Waals surface area (Å²) in [7, 11) is 0. The fourth-order valence-electron chi connectivity index (χ4n) is 3.63. The largest absolute Gasteiger partial charge is 0.314 e. The van der Waals surface area contributed by atoms with Gasteiger partial charge in [0.25, 0.3) is 0 Å². The molecule has 4 rings (SSSR count). The first-order valence-corrected chi connectivity index (χ1v) is 9.34. The number of aryl methyl sites for hydroxylation is 1. The summed E-state index contributed by atoms with van der Waals surface area (Å²) in [5.41, 5.74) is 1.99. The lowest BCUT2D eigenvalue weighted by atomic mass is 10.0. The second-order valence-electron chi connectivity index (χ2n) is 6.76. The van der Waals surface area contributed by atoms with Crippen molar-refractivity contribution in [3.63, 3.8) is 0 Å². The minimum atomic E-state index is -0.180. The van der Waals surface area contributed by atoms with Crippen LogP contribution in [-0.4, -0.2) is 51.3 Å². The van der Waals surface area contributed by atoms with E-state index in [1.165, 1.54) is 6.07 Å². The Hall–Kier alpha value is -2.64. The second-order valence-corrected chi connectivity index (χ2v) is 6.76. The van der Waals surface area contributed by atoms with Crippen LogP contribution < -0.4 is 5.32 Å². The minimum absolute atomic E-state index is 0.180. The minimum Gasteiger partial charge on any atom is -0.314 e. The molecule has 2 heterocycles. The Morgan fingerprint density at radius 2 is 2.00 bits per heavy atom. The highest BCUT2D eigenvalue weighted by atomic mass is 19.1. The number of piperazine rings is 1. The maximum absolute atomic E-state index is 13.6. The van der Waals surface area contributed by atoms with Gasteiger partial charge in [-0.25, -0.2) is 4.39 Å². The summed E-state index contributed by atoms with van der Waals surface area (Å²) in [5.74, 6) is 0.679. The standard InChI is InChI=1S/C20H23FN6/c21-17-7-4-6-16(14-17)19-15-22-11-13-26(19)12-5-10-20-23-24-25-27(20)18-8-2-1-3-9-18/h1-4,6-9,14,19,22H,5,10-13,15H2. The quantitative estimate of drug-likeness (QED) is 0.726. The van der Waals surface area contributed by atoms with Crippen molar-refractivity contribution in [2.45, 2.75) is 18.9 Å². The van der Waals surface area contributed by atoms with E-state index < -0.39 is 0 Å². The normalized spacial score (nSPS) is 17.9. The van der Waals surface area contributed by atoms with Crippen LogP contribution in [0.2, 0.25) is 0 Å². The van der Waals surface area contributed by atoms with Crippen LogP contribution in [0.5, 0.6) is 0 Å². The number of nitrogens with one attached hydrogen (secondary N) is 1. The summed E-state index contributed by atoms with van der Waals surface area (Å²) in [5, 5.41) is 15.6. The zero-order chi connectivity index (χ0) is 18.5. The first-order valence-electron chi connectivity index (χ1n) is 9.34. The van der Waals surface area contributed by atoms with Crippen molar-refractivity contribution in [3.05, 3.63) is 71.8 Å². The summed E-state index contributed by atoms with van der Waals surface area (Å²) >= 11 is 0. The van der Waals surface area contributed by atoms with Crippen LogP contribution in [0.1, 0.15) is 23.9 Å². The summed E-state index contributed by atoms with van der Waals surface area (Å²) in [6.45, 7) is 3.66. The van der Waals surface area contributed by atoms with E-state index in [1.807, 2.05) is 36.4 Å². The lowest BCUT2D eigenvalue weighted by Gasteiger charge is -2.36. The lowest BCUT2D eigenvalue weighted by molar-refractivity contribution is 0.159. The van der Waals surface area contributed by atoms with Gasteiger partial charge in [0.15, 0.2) is 5.82 Å². The Labute approximate surface area is 158 Å². The molecule has 0 aliphatic carbocycles. The molecule has 27 heavy (non-hydrogen) atoms. The summed E-state index contributed by atoms with van der Waals surface area (Å²) in [6, 6.07) is 17.0. The number of tetrazole rings is 1. The molecule has 0 bridgehead atoms. The first-order chi connectivity index (χ1) is 13.3. The van der Waals surface area contributed by atoms with Crippen LogP contribution in [-0.2, 0) is 6.42 Å². The van der Waals surface area contributed by atoms with Gasteiger partial charge in [-0.15, -0.1) is 5.10 Å². The van der Waals surface area contributed by atoms with Gasteiger partial charge in [-0.05, 0) is 53.2 Å². The van der Waals surface area contributed by atoms with Gasteiger partial charge in [0, 0.05) is 32.1 Å². The lowest BCUT2D eigenvalue weighted by Crippen LogP contribution is -2.46. The highest BCUT2D eigenvalue weighted by Crippen LogP contribution is 2.23. The van der Waals surface area contributed by atoms with Crippen LogP contribution in [0.25, 0.3) is 5.69 Å². The van der Waals surface area contributed by atoms with Gasteiger partial charge in [-0.1, -0.05) is 30.3 Å². The van der Waals surface area contributed by atoms with E-state index in [1.54, 1.807) is 16.8 Å². The molecule has 6 nitrogen and oxygen atoms in total. The van der Waals surface area contributed by atoms with E-state index in [0.29, 0.717) is 0 Å². The molecule has 1 aliphatic heterocycles. The summed E-state index contributed by atoms with van der Waals surface area (Å²) < 4.78 is 15.4. The highest BCUT2D eigenvalue weighted by molar-refractivity contribution is 5.30. The van der Waals surface area contributed by atoms with Gasteiger partial charge in [-0.2, -0.15) is 4.68 Å². The average Bonchev–Trinajstić information content (AvgIpc) is 3.18. The fourth-order valence-corrected chi connectivity index (χ4v) is 3.63. The smallest absolute Gasteiger partial charge is 0.156 e. The summed E-state index contributed by atoms with van der Waals surface area (Å²) in [6.07, 6.45) is 1.74. The van der Waals surface area contributed by atoms with E-state index >= 15 is 0 Å². The van der Waals surface area contributed by atoms with Gasteiger partial charge < -0.3 is 5.32 Å². The third-order valence-corrected chi connectivity index (χ3v) is 4.97. The summed E-state index contributed by atoms with van der Waals surface area (Å²) in [4.78, 5) is 2.42. The van der Waals surface area contributed by atoms with Gasteiger partial charge in [-0.3, -0.25) is 4.90 Å². The first kappa shape index (κ1) is 17.8. The molecule has 1 saturated heterocycles. The average molecular weight is 366 g/mol. The van der Waals surface area contributed by atoms with Gasteiger partial charge in [0.05, 0.1) is 5.69 Å². The van der Waals surface area contributed by atoms with Crippen molar-refractivity contribution in [2.24, 2.45) is 0 Å². The molecule has 1 fully saturated rings. The molecule has 0 radical (unpaired) electrons. The van der Waals surface area contributed by atoms with Crippen LogP contribution >= 0.6 is 0 Å². The highest BCUT2D eigenvalue weighted by Gasteiger charge is 2.23. The van der Waals surface area contributed by atoms with Gasteiger partial charge in [0.2, 0.25) is 0 Å². The third kappa shape index (κ3) is 4.20. The number of benzene rings is 2. The molecular formula is C20H23FN6. The van der Waals surface area contributed by atoms with E-state index in [2.05, 4.69) is 25.7 Å². The number of hydrogen-bond donors (Lipinski definition) is 1. The van der Waals surface area contributed by atoms with Crippen molar-refractivity contribution >= 4 is 0 Å². The predicted octanol–water partition coefficient (Wildman–Crippen LogP) is 2.38. The Bertz CT molecular complexity index is 866. The fraction of sp³-hybridized carbons (Fsp3) is 0.350. The van der Waals surface area contributed by atoms with Crippen molar-refractivity contribution in [3.8, 4) is 5.69 Å². The molecule has 0 spiro atoms. The Balaban J connectivity index is 1.40. The number of hydrogen-bond acceptors (Lipinski definition) is 5. The Morgan fingerprint density at radius 1 is 1.11 bits per heavy atom. The van der Waals surface area contributed by atoms with Crippen molar-refractivity contribution in [1.29, 1.82) is 0 Å². The molecule has 1 aromatic heterocycles. The Morgan fingerprint density at radius 3 is 2.85 bits per heavy atom. The molecule has 1 atom stereocenters. The van der Waals surface area contributed by atoms with Crippen LogP contribution in [0.3, 0.4) is 0 Å². The third-order valence-electron chi connectivity index (χ3n) is 4.97. The zero-order valence-corrected chi connectivity index (χ0v) is 15.1. The Kier molecular flexibility index (Phi) is 5.50. The SMILES string of the molecule is Fc1cccc(C2CNCCN2CCCc2nnnn2-c2ccccc2)c1. The number of nitrogens with zero attached hydrogens (tertiary/aromatic N) is 5. The van der Waals surface area contributed by atoms with Gasteiger partial charge in [0.1, 0.15) is 5.82 Å². The molecular weight excluding hydrogens is 343 g/mol. The molecule has 0 saturated carbocycles. The number of aromatic nitrogens is 4. The molecule has 140 valence electrons. The molecule has 2 aromatic carbocycles. The molecule has 1 aliphatic rings. The molecule has 1 N–H and O–H groups in total. The van der Waals surface area contributed by atoms with Gasteiger partial charge >= 0.3 is 0 Å². The van der Waals surface area contributed by atoms with Crippen molar-refractivity contribution in [1.82, 2.24) is 30.4 Å². The monoisotopic (exact) mass is 366 g/mol. The zero-order valence-electron chi connectivity index (χ0n) is 15.1. The predicted molar refractivity (Wildman–Crippen MR) is 101 cm³/mol. The van der Waals surface area contributed by atoms with Crippen LogP contribution in [0, 0.1) is 5.82 Å². The second kappa shape index (κ2) is 8.37. The number of rotatable bonds is 6. The molecule has 7 heteroatoms. The van der Waals surface area contributed by atoms with Crippen LogP contribution in [0.15, 0.2) is 54.6 Å². The molecule has 1 unspecified atom stereocenters. The maximum atomic E-state index is 13.6. The number of para-hydroxylation sites is 1. The van der Waals surface area contributed by atoms with E-state index in [4.69, 9.17) is 0 Å². The number of halogens is 1. The van der Waals surface area contributed by atoms with E-state index in [9.17, 15) is 4.39 Å². The van der Waals surface area contributed by atoms with Crippen molar-refractivity contribution in [2.75, 3.05) is 26.2 Å². The van der Waals surface area contributed by atoms with Crippen LogP contribution in [0.4, 0.5) is 4.39 Å². The maximum Gasteiger partial charge on any atom is 0.156 e. The molecule has 0 amide bonds. The van der Waals surface area contributed by atoms with E-state index in [-0.39, 0.29) is 11.9 Å². The topological polar surface area (TPSA) is 58.9 Å².